The molecule has 0 radical (unpaired) electrons. The molecule has 5 nitrogen and oxygen atoms in total. The van der Waals surface area contributed by atoms with E-state index in [0.29, 0.717) is 11.8 Å². The Bertz CT molecular complexity index is 710. The number of tetrazole rings is 1. The first kappa shape index (κ1) is 11.2. The van der Waals surface area contributed by atoms with Crippen LogP contribution in [-0.2, 0) is 7.05 Å². The lowest BCUT2D eigenvalue weighted by Gasteiger charge is -2.05. The van der Waals surface area contributed by atoms with Gasteiger partial charge in [-0.05, 0) is 45.5 Å². The topological polar surface area (TPSA) is 52.8 Å². The van der Waals surface area contributed by atoms with Crippen molar-refractivity contribution in [3.05, 3.63) is 40.9 Å². The van der Waals surface area contributed by atoms with Crippen molar-refractivity contribution in [2.24, 2.45) is 7.05 Å². The fourth-order valence-corrected chi connectivity index (χ4v) is 2.05. The third-order valence-electron chi connectivity index (χ3n) is 2.56. The van der Waals surface area contributed by atoms with Crippen LogP contribution in [0.3, 0.4) is 0 Å². The lowest BCUT2D eigenvalue weighted by molar-refractivity contribution is 0.415. The molecule has 0 N–H and O–H groups in total. The molecule has 0 aliphatic carbocycles. The maximum Gasteiger partial charge on any atom is 0.340 e. The number of ether oxygens (including phenoxy) is 1. The fraction of sp³-hybridized carbons (Fsp3) is 0.0833. The molecule has 3 rings (SSSR count). The maximum atomic E-state index is 5.60. The first-order valence-electron chi connectivity index (χ1n) is 5.32. The van der Waals surface area contributed by atoms with Gasteiger partial charge in [-0.1, -0.05) is 33.2 Å². The van der Waals surface area contributed by atoms with Crippen molar-refractivity contribution in [2.45, 2.75) is 0 Å². The SMILES string of the molecule is Cn1nnnc1Oc1ccc2cc(Br)ccc2c1. The molecule has 1 heterocycles. The van der Waals surface area contributed by atoms with E-state index in [1.54, 1.807) is 7.05 Å². The van der Waals surface area contributed by atoms with E-state index in [2.05, 4.69) is 37.5 Å². The van der Waals surface area contributed by atoms with Gasteiger partial charge in [-0.25, -0.2) is 0 Å². The maximum absolute atomic E-state index is 5.60. The molecule has 0 spiro atoms. The van der Waals surface area contributed by atoms with E-state index in [0.717, 1.165) is 15.2 Å². The zero-order valence-corrected chi connectivity index (χ0v) is 11.1. The monoisotopic (exact) mass is 304 g/mol. The van der Waals surface area contributed by atoms with Crippen LogP contribution in [0.25, 0.3) is 10.8 Å². The van der Waals surface area contributed by atoms with Crippen LogP contribution in [0.15, 0.2) is 40.9 Å². The summed E-state index contributed by atoms with van der Waals surface area (Å²) in [7, 11) is 1.73. The van der Waals surface area contributed by atoms with Crippen molar-refractivity contribution >= 4 is 26.7 Å². The van der Waals surface area contributed by atoms with Crippen LogP contribution >= 0.6 is 15.9 Å². The Kier molecular flexibility index (Phi) is 2.71. The first-order valence-corrected chi connectivity index (χ1v) is 6.11. The molecule has 0 bridgehead atoms. The Labute approximate surface area is 111 Å². The number of aryl methyl sites for hydroxylation is 1. The van der Waals surface area contributed by atoms with E-state index < -0.39 is 0 Å². The van der Waals surface area contributed by atoms with E-state index in [-0.39, 0.29) is 0 Å². The Balaban J connectivity index is 1.99. The van der Waals surface area contributed by atoms with Crippen LogP contribution in [0.4, 0.5) is 0 Å². The molecule has 0 aliphatic heterocycles. The molecular weight excluding hydrogens is 296 g/mol. The molecule has 0 atom stereocenters. The van der Waals surface area contributed by atoms with Gasteiger partial charge in [-0.2, -0.15) is 4.68 Å². The highest BCUT2D eigenvalue weighted by Crippen LogP contribution is 2.26. The van der Waals surface area contributed by atoms with E-state index >= 15 is 0 Å². The zero-order chi connectivity index (χ0) is 12.5. The number of halogens is 1. The number of benzene rings is 2. The number of rotatable bonds is 2. The van der Waals surface area contributed by atoms with Crippen molar-refractivity contribution in [1.82, 2.24) is 20.2 Å². The molecule has 0 fully saturated rings. The van der Waals surface area contributed by atoms with Crippen LogP contribution in [0.5, 0.6) is 11.8 Å². The van der Waals surface area contributed by atoms with Gasteiger partial charge in [-0.15, -0.1) is 0 Å². The average Bonchev–Trinajstić information content (AvgIpc) is 2.75. The van der Waals surface area contributed by atoms with E-state index in [4.69, 9.17) is 4.74 Å². The molecule has 1 aromatic heterocycles. The summed E-state index contributed by atoms with van der Waals surface area (Å²) in [6.45, 7) is 0. The molecule has 0 saturated heterocycles. The van der Waals surface area contributed by atoms with E-state index in [1.807, 2.05) is 30.3 Å². The Morgan fingerprint density at radius 1 is 1.11 bits per heavy atom. The average molecular weight is 305 g/mol. The molecule has 0 aliphatic rings. The smallest absolute Gasteiger partial charge is 0.340 e. The van der Waals surface area contributed by atoms with Crippen LogP contribution in [0, 0.1) is 0 Å². The Morgan fingerprint density at radius 2 is 1.89 bits per heavy atom. The summed E-state index contributed by atoms with van der Waals surface area (Å²) in [4.78, 5) is 0. The molecule has 0 amide bonds. The van der Waals surface area contributed by atoms with Gasteiger partial charge in [0.25, 0.3) is 0 Å². The number of fused-ring (bicyclic) bond motifs is 1. The van der Waals surface area contributed by atoms with Crippen molar-refractivity contribution in [3.63, 3.8) is 0 Å². The van der Waals surface area contributed by atoms with E-state index in [9.17, 15) is 0 Å². The minimum Gasteiger partial charge on any atom is -0.423 e. The van der Waals surface area contributed by atoms with Gasteiger partial charge in [0.05, 0.1) is 0 Å². The lowest BCUT2D eigenvalue weighted by atomic mass is 10.1. The highest BCUT2D eigenvalue weighted by molar-refractivity contribution is 9.10. The molecule has 0 saturated carbocycles. The number of nitrogens with zero attached hydrogens (tertiary/aromatic N) is 4. The third kappa shape index (κ3) is 2.06. The second-order valence-electron chi connectivity index (χ2n) is 3.84. The fourth-order valence-electron chi connectivity index (χ4n) is 1.67. The molecule has 18 heavy (non-hydrogen) atoms. The summed E-state index contributed by atoms with van der Waals surface area (Å²) in [5, 5.41) is 13.3. The van der Waals surface area contributed by atoms with Crippen molar-refractivity contribution < 1.29 is 4.74 Å². The predicted molar refractivity (Wildman–Crippen MR) is 70.5 cm³/mol. The van der Waals surface area contributed by atoms with Gasteiger partial charge >= 0.3 is 6.01 Å². The molecule has 90 valence electrons. The lowest BCUT2D eigenvalue weighted by Crippen LogP contribution is -1.95. The second-order valence-corrected chi connectivity index (χ2v) is 4.76. The molecule has 6 heteroatoms. The number of aromatic nitrogens is 4. The van der Waals surface area contributed by atoms with Gasteiger partial charge < -0.3 is 4.74 Å². The van der Waals surface area contributed by atoms with Crippen LogP contribution in [0.1, 0.15) is 0 Å². The van der Waals surface area contributed by atoms with Gasteiger partial charge in [0.2, 0.25) is 0 Å². The molecular formula is C12H9BrN4O. The first-order chi connectivity index (χ1) is 8.72. The molecule has 0 unspecified atom stereocenters. The normalized spacial score (nSPS) is 10.8. The standard InChI is InChI=1S/C12H9BrN4O/c1-17-12(14-15-16-17)18-11-5-3-8-6-10(13)4-2-9(8)7-11/h2-7H,1H3. The highest BCUT2D eigenvalue weighted by atomic mass is 79.9. The summed E-state index contributed by atoms with van der Waals surface area (Å²) in [5.74, 6) is 0.711. The summed E-state index contributed by atoms with van der Waals surface area (Å²) in [5.41, 5.74) is 0. The van der Waals surface area contributed by atoms with Crippen molar-refractivity contribution in [1.29, 1.82) is 0 Å². The minimum atomic E-state index is 0.367. The zero-order valence-electron chi connectivity index (χ0n) is 9.54. The quantitative estimate of drug-likeness (QED) is 0.730. The number of hydrogen-bond acceptors (Lipinski definition) is 4. The number of hydrogen-bond donors (Lipinski definition) is 0. The molecule has 2 aromatic carbocycles. The summed E-state index contributed by atoms with van der Waals surface area (Å²) in [6, 6.07) is 12.3. The predicted octanol–water partition coefficient (Wildman–Crippen LogP) is 2.92. The Morgan fingerprint density at radius 3 is 2.67 bits per heavy atom. The van der Waals surface area contributed by atoms with Crippen LogP contribution < -0.4 is 4.74 Å². The van der Waals surface area contributed by atoms with Gasteiger partial charge in [0, 0.05) is 11.5 Å². The molecule has 3 aromatic rings. The van der Waals surface area contributed by atoms with Gasteiger partial charge in [-0.3, -0.25) is 0 Å². The van der Waals surface area contributed by atoms with Gasteiger partial charge in [0.1, 0.15) is 5.75 Å². The van der Waals surface area contributed by atoms with Gasteiger partial charge in [0.15, 0.2) is 0 Å². The van der Waals surface area contributed by atoms with Crippen LogP contribution in [0.2, 0.25) is 0 Å². The Hall–Kier alpha value is -1.95. The van der Waals surface area contributed by atoms with Crippen molar-refractivity contribution in [3.8, 4) is 11.8 Å². The van der Waals surface area contributed by atoms with E-state index in [1.165, 1.54) is 4.68 Å². The largest absolute Gasteiger partial charge is 0.423 e. The minimum absolute atomic E-state index is 0.367. The summed E-state index contributed by atoms with van der Waals surface area (Å²) < 4.78 is 8.14. The highest BCUT2D eigenvalue weighted by Gasteiger charge is 2.05. The second kappa shape index (κ2) is 4.38. The van der Waals surface area contributed by atoms with Crippen molar-refractivity contribution in [2.75, 3.05) is 0 Å². The van der Waals surface area contributed by atoms with Crippen LogP contribution in [-0.4, -0.2) is 20.2 Å². The third-order valence-corrected chi connectivity index (χ3v) is 3.06. The summed E-state index contributed by atoms with van der Waals surface area (Å²) in [6.07, 6.45) is 0. The summed E-state index contributed by atoms with van der Waals surface area (Å²) >= 11 is 3.45.